The minimum Gasteiger partial charge on any atom is -0.441 e. The lowest BCUT2D eigenvalue weighted by Gasteiger charge is -2.19. The van der Waals surface area contributed by atoms with Gasteiger partial charge in [0.15, 0.2) is 5.58 Å². The molecule has 1 aromatic heterocycles. The summed E-state index contributed by atoms with van der Waals surface area (Å²) in [7, 11) is 0. The zero-order valence-electron chi connectivity index (χ0n) is 11.3. The van der Waals surface area contributed by atoms with E-state index in [2.05, 4.69) is 0 Å². The molecule has 0 radical (unpaired) electrons. The molecule has 0 fully saturated rings. The zero-order valence-corrected chi connectivity index (χ0v) is 11.3. The van der Waals surface area contributed by atoms with Gasteiger partial charge < -0.3 is 9.26 Å². The monoisotopic (exact) mass is 259 g/mol. The van der Waals surface area contributed by atoms with Crippen molar-refractivity contribution < 1.29 is 14.1 Å². The van der Waals surface area contributed by atoms with Gasteiger partial charge in [0.25, 0.3) is 0 Å². The van der Waals surface area contributed by atoms with Crippen LogP contribution >= 0.6 is 0 Å². The Kier molecular flexibility index (Phi) is 3.60. The molecule has 2 rings (SSSR count). The standard InChI is InChI=1S/C15H17NO3/c1-15(2,3)18-14(17)16-11-7-6-9-12-8-4-5-10-13(12)19-16/h4-11H,1-3H3. The molecule has 4 heteroatoms. The van der Waals surface area contributed by atoms with Crippen LogP contribution in [0.3, 0.4) is 0 Å². The van der Waals surface area contributed by atoms with Crippen molar-refractivity contribution in [3.63, 3.8) is 0 Å². The van der Waals surface area contributed by atoms with E-state index in [-0.39, 0.29) is 0 Å². The summed E-state index contributed by atoms with van der Waals surface area (Å²) in [6, 6.07) is 13.0. The highest BCUT2D eigenvalue weighted by Crippen LogP contribution is 2.12. The maximum absolute atomic E-state index is 12.0. The van der Waals surface area contributed by atoms with Crippen molar-refractivity contribution in [2.45, 2.75) is 26.4 Å². The van der Waals surface area contributed by atoms with Gasteiger partial charge >= 0.3 is 6.09 Å². The second kappa shape index (κ2) is 5.18. The van der Waals surface area contributed by atoms with Gasteiger partial charge in [0.2, 0.25) is 0 Å². The lowest BCUT2D eigenvalue weighted by atomic mass is 10.2. The third kappa shape index (κ3) is 3.61. The fourth-order valence-corrected chi connectivity index (χ4v) is 1.53. The molecule has 4 nitrogen and oxygen atoms in total. The molecule has 0 spiro atoms. The lowest BCUT2D eigenvalue weighted by molar-refractivity contribution is 0.0392. The smallest absolute Gasteiger partial charge is 0.441 e. The summed E-state index contributed by atoms with van der Waals surface area (Å²) in [5, 5.41) is 0.903. The summed E-state index contributed by atoms with van der Waals surface area (Å²) in [4.78, 5) is 12.0. The molecule has 2 aromatic rings. The van der Waals surface area contributed by atoms with Crippen LogP contribution in [0.2, 0.25) is 0 Å². The molecule has 0 bridgehead atoms. The van der Waals surface area contributed by atoms with E-state index in [1.807, 2.05) is 51.1 Å². The first-order valence-electron chi connectivity index (χ1n) is 6.10. The highest BCUT2D eigenvalue weighted by atomic mass is 16.6. The van der Waals surface area contributed by atoms with E-state index in [4.69, 9.17) is 9.26 Å². The quantitative estimate of drug-likeness (QED) is 0.714. The van der Waals surface area contributed by atoms with E-state index >= 15 is 0 Å². The van der Waals surface area contributed by atoms with Crippen molar-refractivity contribution in [3.05, 3.63) is 48.7 Å². The summed E-state index contributed by atoms with van der Waals surface area (Å²) in [5.41, 5.74) is 0.0420. The van der Waals surface area contributed by atoms with E-state index in [1.165, 1.54) is 6.20 Å². The number of nitrogens with zero attached hydrogens (tertiary/aromatic N) is 1. The van der Waals surface area contributed by atoms with Crippen LogP contribution in [0.15, 0.2) is 53.2 Å². The molecule has 0 aliphatic carbocycles. The Labute approximate surface area is 111 Å². The second-order valence-electron chi connectivity index (χ2n) is 5.14. The van der Waals surface area contributed by atoms with Crippen LogP contribution in [0.4, 0.5) is 4.79 Å². The summed E-state index contributed by atoms with van der Waals surface area (Å²) in [6.07, 6.45) is 0.981. The highest BCUT2D eigenvalue weighted by molar-refractivity contribution is 5.76. The number of hydrogen-bond acceptors (Lipinski definition) is 3. The number of fused-ring (bicyclic) bond motifs is 1. The topological polar surface area (TPSA) is 44.4 Å². The summed E-state index contributed by atoms with van der Waals surface area (Å²) in [5.74, 6) is 0. The van der Waals surface area contributed by atoms with Crippen LogP contribution in [-0.2, 0) is 4.74 Å². The van der Waals surface area contributed by atoms with E-state index in [0.717, 1.165) is 10.1 Å². The Hall–Kier alpha value is -2.23. The van der Waals surface area contributed by atoms with Crippen molar-refractivity contribution in [2.24, 2.45) is 0 Å². The number of benzene rings is 1. The second-order valence-corrected chi connectivity index (χ2v) is 5.14. The summed E-state index contributed by atoms with van der Waals surface area (Å²) in [6.45, 7) is 5.44. The Morgan fingerprint density at radius 1 is 1.11 bits per heavy atom. The molecular weight excluding hydrogens is 242 g/mol. The number of carbonyl (C=O) groups excluding carboxylic acids is 1. The van der Waals surface area contributed by atoms with E-state index in [9.17, 15) is 4.79 Å². The third-order valence-electron chi connectivity index (χ3n) is 2.30. The maximum atomic E-state index is 12.0. The Balaban J connectivity index is 2.49. The van der Waals surface area contributed by atoms with Gasteiger partial charge in [-0.25, -0.2) is 4.79 Å². The number of rotatable bonds is 0. The molecule has 19 heavy (non-hydrogen) atoms. The van der Waals surface area contributed by atoms with Gasteiger partial charge in [-0.05, 0) is 32.9 Å². The van der Waals surface area contributed by atoms with Crippen LogP contribution in [0.25, 0.3) is 11.0 Å². The van der Waals surface area contributed by atoms with Gasteiger partial charge in [-0.3, -0.25) is 0 Å². The largest absolute Gasteiger partial charge is 0.448 e. The van der Waals surface area contributed by atoms with E-state index in [1.54, 1.807) is 12.1 Å². The fraction of sp³-hybridized carbons (Fsp3) is 0.267. The van der Waals surface area contributed by atoms with Gasteiger partial charge in [-0.1, -0.05) is 30.3 Å². The van der Waals surface area contributed by atoms with Crippen molar-refractivity contribution >= 4 is 17.1 Å². The van der Waals surface area contributed by atoms with Crippen LogP contribution in [0.1, 0.15) is 20.8 Å². The Bertz CT molecular complexity index is 630. The van der Waals surface area contributed by atoms with Gasteiger partial charge in [0.1, 0.15) is 5.60 Å². The first-order chi connectivity index (χ1) is 8.96. The number of carbonyl (C=O) groups is 1. The van der Waals surface area contributed by atoms with Crippen LogP contribution < -0.4 is 0 Å². The third-order valence-corrected chi connectivity index (χ3v) is 2.30. The molecule has 0 aliphatic heterocycles. The number of hydrogen-bond donors (Lipinski definition) is 0. The first-order valence-corrected chi connectivity index (χ1v) is 6.10. The SMILES string of the molecule is CC(C)(C)OC(=O)n1ccccc2ccccc2o1. The molecule has 100 valence electrons. The number of aromatic nitrogens is 1. The summed E-state index contributed by atoms with van der Waals surface area (Å²) >= 11 is 0. The fourth-order valence-electron chi connectivity index (χ4n) is 1.53. The molecule has 0 N–H and O–H groups in total. The molecule has 0 amide bonds. The zero-order chi connectivity index (χ0) is 13.9. The molecule has 1 heterocycles. The van der Waals surface area contributed by atoms with Crippen molar-refractivity contribution in [1.29, 1.82) is 0 Å². The molecule has 0 unspecified atom stereocenters. The van der Waals surface area contributed by atoms with Gasteiger partial charge in [0.05, 0.1) is 6.20 Å². The highest BCUT2D eigenvalue weighted by Gasteiger charge is 2.17. The van der Waals surface area contributed by atoms with Crippen LogP contribution in [0.5, 0.6) is 0 Å². The Morgan fingerprint density at radius 3 is 2.42 bits per heavy atom. The van der Waals surface area contributed by atoms with E-state index in [0.29, 0.717) is 5.58 Å². The molecule has 0 atom stereocenters. The molecule has 0 saturated carbocycles. The molecule has 1 aromatic carbocycles. The minimum atomic E-state index is -0.563. The maximum Gasteiger partial charge on any atom is 0.448 e. The minimum absolute atomic E-state index is 0.547. The molecule has 0 aliphatic rings. The molecular formula is C15H17NO3. The van der Waals surface area contributed by atoms with E-state index < -0.39 is 11.7 Å². The van der Waals surface area contributed by atoms with Crippen LogP contribution in [0, 0.1) is 0 Å². The summed E-state index contributed by atoms with van der Waals surface area (Å²) < 4.78 is 11.9. The average Bonchev–Trinajstić information content (AvgIpc) is 2.27. The van der Waals surface area contributed by atoms with Crippen LogP contribution in [-0.4, -0.2) is 16.4 Å². The first kappa shape index (κ1) is 13.2. The van der Waals surface area contributed by atoms with Gasteiger partial charge in [-0.15, -0.1) is 4.74 Å². The number of ether oxygens (including phenoxy) is 1. The van der Waals surface area contributed by atoms with Crippen molar-refractivity contribution in [2.75, 3.05) is 0 Å². The van der Waals surface area contributed by atoms with Gasteiger partial charge in [0, 0.05) is 5.39 Å². The van der Waals surface area contributed by atoms with Crippen molar-refractivity contribution in [3.8, 4) is 0 Å². The average molecular weight is 259 g/mol. The predicted molar refractivity (Wildman–Crippen MR) is 73.5 cm³/mol. The lowest BCUT2D eigenvalue weighted by Crippen LogP contribution is -2.26. The molecule has 0 saturated heterocycles. The normalized spacial score (nSPS) is 11.1. The number of para-hydroxylation sites is 1. The van der Waals surface area contributed by atoms with Crippen molar-refractivity contribution in [1.82, 2.24) is 4.74 Å². The predicted octanol–water partition coefficient (Wildman–Crippen LogP) is 4.14. The Morgan fingerprint density at radius 2 is 1.74 bits per heavy atom. The van der Waals surface area contributed by atoms with Gasteiger partial charge in [-0.2, -0.15) is 0 Å².